The second kappa shape index (κ2) is 8.50. The first-order valence-electron chi connectivity index (χ1n) is 7.67. The van der Waals surface area contributed by atoms with E-state index in [1.807, 2.05) is 4.90 Å². The number of nitrogens with zero attached hydrogens (tertiary/aromatic N) is 2. The van der Waals surface area contributed by atoms with Crippen LogP contribution in [0.5, 0.6) is 5.75 Å². The van der Waals surface area contributed by atoms with Crippen molar-refractivity contribution in [2.75, 3.05) is 52.9 Å². The van der Waals surface area contributed by atoms with Crippen molar-refractivity contribution < 1.29 is 19.4 Å². The monoisotopic (exact) mass is 321 g/mol. The molecule has 1 aromatic rings. The van der Waals surface area contributed by atoms with Gasteiger partial charge in [-0.25, -0.2) is 0 Å². The summed E-state index contributed by atoms with van der Waals surface area (Å²) in [4.78, 5) is 26.8. The van der Waals surface area contributed by atoms with Crippen molar-refractivity contribution in [3.8, 4) is 5.75 Å². The zero-order valence-corrected chi connectivity index (χ0v) is 13.3. The van der Waals surface area contributed by atoms with Crippen molar-refractivity contribution in [3.05, 3.63) is 29.8 Å². The third-order valence-electron chi connectivity index (χ3n) is 3.89. The number of amides is 1. The number of carboxylic acids is 1. The third kappa shape index (κ3) is 5.54. The smallest absolute Gasteiger partial charge is 0.317 e. The number of hydrogen-bond donors (Lipinski definition) is 2. The summed E-state index contributed by atoms with van der Waals surface area (Å²) >= 11 is 0. The lowest BCUT2D eigenvalue weighted by atomic mass is 10.2. The highest BCUT2D eigenvalue weighted by atomic mass is 16.5. The van der Waals surface area contributed by atoms with Gasteiger partial charge in [0.05, 0.1) is 13.7 Å². The Bertz CT molecular complexity index is 525. The second-order valence-corrected chi connectivity index (χ2v) is 5.50. The summed E-state index contributed by atoms with van der Waals surface area (Å²) in [6.45, 7) is 4.59. The molecule has 0 spiro atoms. The molecule has 1 aliphatic heterocycles. The molecule has 7 heteroatoms. The zero-order chi connectivity index (χ0) is 16.7. The van der Waals surface area contributed by atoms with Crippen LogP contribution in [0.3, 0.4) is 0 Å². The topological polar surface area (TPSA) is 82.1 Å². The highest BCUT2D eigenvalue weighted by molar-refractivity contribution is 5.94. The molecule has 2 rings (SSSR count). The van der Waals surface area contributed by atoms with Crippen molar-refractivity contribution in [3.63, 3.8) is 0 Å². The number of methoxy groups -OCH3 is 1. The fraction of sp³-hybridized carbons (Fsp3) is 0.500. The number of hydrogen-bond acceptors (Lipinski definition) is 5. The van der Waals surface area contributed by atoms with Gasteiger partial charge in [0.1, 0.15) is 5.75 Å². The molecule has 1 heterocycles. The highest BCUT2D eigenvalue weighted by Gasteiger charge is 2.18. The summed E-state index contributed by atoms with van der Waals surface area (Å²) in [6, 6.07) is 6.99. The molecule has 126 valence electrons. The van der Waals surface area contributed by atoms with E-state index >= 15 is 0 Å². The number of rotatable bonds is 7. The molecule has 0 bridgehead atoms. The Morgan fingerprint density at radius 1 is 1.13 bits per heavy atom. The van der Waals surface area contributed by atoms with E-state index in [2.05, 4.69) is 10.2 Å². The predicted octanol–water partition coefficient (Wildman–Crippen LogP) is 0.127. The molecular formula is C16H23N3O4. The summed E-state index contributed by atoms with van der Waals surface area (Å²) in [5.74, 6) is -0.164. The number of piperazine rings is 1. The Morgan fingerprint density at radius 2 is 1.74 bits per heavy atom. The van der Waals surface area contributed by atoms with Crippen LogP contribution in [0.1, 0.15) is 10.4 Å². The van der Waals surface area contributed by atoms with Gasteiger partial charge in [0.25, 0.3) is 5.91 Å². The van der Waals surface area contributed by atoms with Crippen molar-refractivity contribution in [2.24, 2.45) is 0 Å². The average Bonchev–Trinajstić information content (AvgIpc) is 2.56. The lowest BCUT2D eigenvalue weighted by molar-refractivity contribution is -0.138. The van der Waals surface area contributed by atoms with E-state index in [9.17, 15) is 9.59 Å². The van der Waals surface area contributed by atoms with Crippen LogP contribution >= 0.6 is 0 Å². The van der Waals surface area contributed by atoms with Gasteiger partial charge in [0, 0.05) is 44.8 Å². The first kappa shape index (κ1) is 17.2. The molecule has 7 nitrogen and oxygen atoms in total. The molecule has 0 aromatic heterocycles. The highest BCUT2D eigenvalue weighted by Crippen LogP contribution is 2.11. The van der Waals surface area contributed by atoms with Crippen LogP contribution in [0.25, 0.3) is 0 Å². The quantitative estimate of drug-likeness (QED) is 0.743. The number of aliphatic carboxylic acids is 1. The number of benzene rings is 1. The van der Waals surface area contributed by atoms with Gasteiger partial charge in [-0.1, -0.05) is 0 Å². The molecule has 1 saturated heterocycles. The fourth-order valence-electron chi connectivity index (χ4n) is 2.53. The number of carboxylic acid groups (broad SMARTS) is 1. The molecule has 0 radical (unpaired) electrons. The molecule has 1 aliphatic rings. The van der Waals surface area contributed by atoms with Gasteiger partial charge >= 0.3 is 5.97 Å². The van der Waals surface area contributed by atoms with Crippen LogP contribution in [-0.4, -0.2) is 79.7 Å². The number of ether oxygens (including phenoxy) is 1. The summed E-state index contributed by atoms with van der Waals surface area (Å²) in [7, 11) is 1.59. The lowest BCUT2D eigenvalue weighted by Gasteiger charge is -2.33. The molecule has 0 unspecified atom stereocenters. The zero-order valence-electron chi connectivity index (χ0n) is 13.3. The summed E-state index contributed by atoms with van der Waals surface area (Å²) in [5, 5.41) is 11.7. The van der Waals surface area contributed by atoms with Gasteiger partial charge < -0.3 is 15.2 Å². The maximum absolute atomic E-state index is 12.0. The lowest BCUT2D eigenvalue weighted by Crippen LogP contribution is -2.49. The summed E-state index contributed by atoms with van der Waals surface area (Å²) in [5.41, 5.74) is 0.608. The SMILES string of the molecule is COc1ccc(C(=O)NCCN2CCN(CC(=O)O)CC2)cc1. The summed E-state index contributed by atoms with van der Waals surface area (Å²) < 4.78 is 5.06. The normalized spacial score (nSPS) is 16.0. The summed E-state index contributed by atoms with van der Waals surface area (Å²) in [6.07, 6.45) is 0. The Morgan fingerprint density at radius 3 is 2.30 bits per heavy atom. The molecule has 0 saturated carbocycles. The van der Waals surface area contributed by atoms with Crippen LogP contribution in [0.15, 0.2) is 24.3 Å². The van der Waals surface area contributed by atoms with Crippen LogP contribution < -0.4 is 10.1 Å². The van der Waals surface area contributed by atoms with E-state index in [1.54, 1.807) is 31.4 Å². The first-order valence-corrected chi connectivity index (χ1v) is 7.67. The average molecular weight is 321 g/mol. The largest absolute Gasteiger partial charge is 0.497 e. The predicted molar refractivity (Wildman–Crippen MR) is 85.8 cm³/mol. The van der Waals surface area contributed by atoms with Gasteiger partial charge in [-0.05, 0) is 24.3 Å². The third-order valence-corrected chi connectivity index (χ3v) is 3.89. The molecule has 23 heavy (non-hydrogen) atoms. The standard InChI is InChI=1S/C16H23N3O4/c1-23-14-4-2-13(3-5-14)16(22)17-6-7-18-8-10-19(11-9-18)12-15(20)21/h2-5H,6-12H2,1H3,(H,17,22)(H,20,21). The van der Waals surface area contributed by atoms with Crippen LogP contribution in [0.2, 0.25) is 0 Å². The Kier molecular flexibility index (Phi) is 6.37. The van der Waals surface area contributed by atoms with E-state index in [4.69, 9.17) is 9.84 Å². The Labute approximate surface area is 135 Å². The molecule has 2 N–H and O–H groups in total. The van der Waals surface area contributed by atoms with Crippen molar-refractivity contribution >= 4 is 11.9 Å². The van der Waals surface area contributed by atoms with Gasteiger partial charge in [-0.15, -0.1) is 0 Å². The number of nitrogens with one attached hydrogen (secondary N) is 1. The first-order chi connectivity index (χ1) is 11.1. The van der Waals surface area contributed by atoms with E-state index in [1.165, 1.54) is 0 Å². The van der Waals surface area contributed by atoms with E-state index in [-0.39, 0.29) is 12.5 Å². The molecule has 1 aromatic carbocycles. The minimum Gasteiger partial charge on any atom is -0.497 e. The van der Waals surface area contributed by atoms with E-state index in [0.717, 1.165) is 38.5 Å². The molecule has 0 aliphatic carbocycles. The molecule has 0 atom stereocenters. The maximum Gasteiger partial charge on any atom is 0.317 e. The van der Waals surface area contributed by atoms with E-state index in [0.29, 0.717) is 12.1 Å². The Balaban J connectivity index is 1.67. The van der Waals surface area contributed by atoms with Gasteiger partial charge in [-0.2, -0.15) is 0 Å². The van der Waals surface area contributed by atoms with Gasteiger partial charge in [0.15, 0.2) is 0 Å². The van der Waals surface area contributed by atoms with Gasteiger partial charge in [0.2, 0.25) is 0 Å². The maximum atomic E-state index is 12.0. The van der Waals surface area contributed by atoms with Crippen molar-refractivity contribution in [1.82, 2.24) is 15.1 Å². The van der Waals surface area contributed by atoms with Crippen LogP contribution in [0, 0.1) is 0 Å². The molecular weight excluding hydrogens is 298 g/mol. The van der Waals surface area contributed by atoms with Gasteiger partial charge in [-0.3, -0.25) is 19.4 Å². The minimum absolute atomic E-state index is 0.0993. The Hall–Kier alpha value is -2.12. The van der Waals surface area contributed by atoms with Crippen molar-refractivity contribution in [2.45, 2.75) is 0 Å². The van der Waals surface area contributed by atoms with Crippen LogP contribution in [-0.2, 0) is 4.79 Å². The molecule has 1 fully saturated rings. The van der Waals surface area contributed by atoms with E-state index < -0.39 is 5.97 Å². The van der Waals surface area contributed by atoms with Crippen LogP contribution in [0.4, 0.5) is 0 Å². The fourth-order valence-corrected chi connectivity index (χ4v) is 2.53. The number of carbonyl (C=O) groups excluding carboxylic acids is 1. The minimum atomic E-state index is -0.787. The molecule has 1 amide bonds. The van der Waals surface area contributed by atoms with Crippen molar-refractivity contribution in [1.29, 1.82) is 0 Å². The second-order valence-electron chi connectivity index (χ2n) is 5.50. The number of carbonyl (C=O) groups is 2.